The molecule has 1 aliphatic rings. The van der Waals surface area contributed by atoms with Gasteiger partial charge in [0.1, 0.15) is 11.9 Å². The zero-order valence-corrected chi connectivity index (χ0v) is 16.9. The molecule has 2 heterocycles. The van der Waals surface area contributed by atoms with E-state index in [9.17, 15) is 4.79 Å². The molecule has 146 valence electrons. The zero-order chi connectivity index (χ0) is 19.5. The van der Waals surface area contributed by atoms with Crippen molar-refractivity contribution >= 4 is 44.9 Å². The molecule has 0 saturated carbocycles. The van der Waals surface area contributed by atoms with Crippen molar-refractivity contribution in [3.63, 3.8) is 0 Å². The summed E-state index contributed by atoms with van der Waals surface area (Å²) in [6, 6.07) is 12.8. The number of benzene rings is 2. The third-order valence-electron chi connectivity index (χ3n) is 4.65. The SMILES string of the molecule is COc1ccc2sc(OC3CCN(C(=O)Nc4cccc(Cl)c4)CC3)nc2c1. The molecule has 0 spiro atoms. The number of piperidine rings is 1. The Morgan fingerprint density at radius 3 is 2.82 bits per heavy atom. The maximum absolute atomic E-state index is 12.4. The number of aromatic nitrogens is 1. The summed E-state index contributed by atoms with van der Waals surface area (Å²) in [5, 5.41) is 4.14. The molecule has 1 N–H and O–H groups in total. The number of ether oxygens (including phenoxy) is 2. The number of carbonyl (C=O) groups is 1. The normalized spacial score (nSPS) is 14.9. The van der Waals surface area contributed by atoms with E-state index in [1.807, 2.05) is 30.3 Å². The number of hydrogen-bond acceptors (Lipinski definition) is 5. The van der Waals surface area contributed by atoms with Crippen LogP contribution in [0, 0.1) is 0 Å². The van der Waals surface area contributed by atoms with Crippen molar-refractivity contribution in [3.05, 3.63) is 47.5 Å². The van der Waals surface area contributed by atoms with Gasteiger partial charge in [0.25, 0.3) is 5.19 Å². The van der Waals surface area contributed by atoms with E-state index < -0.39 is 0 Å². The smallest absolute Gasteiger partial charge is 0.321 e. The minimum Gasteiger partial charge on any atom is -0.497 e. The van der Waals surface area contributed by atoms with Crippen LogP contribution in [-0.4, -0.2) is 42.2 Å². The second-order valence-corrected chi connectivity index (χ2v) is 7.99. The summed E-state index contributed by atoms with van der Waals surface area (Å²) in [5.74, 6) is 0.781. The Labute approximate surface area is 172 Å². The van der Waals surface area contributed by atoms with Crippen LogP contribution in [0.25, 0.3) is 10.2 Å². The van der Waals surface area contributed by atoms with Gasteiger partial charge < -0.3 is 19.7 Å². The number of nitrogens with one attached hydrogen (secondary N) is 1. The van der Waals surface area contributed by atoms with Crippen molar-refractivity contribution in [2.75, 3.05) is 25.5 Å². The van der Waals surface area contributed by atoms with Gasteiger partial charge in [0.2, 0.25) is 0 Å². The third kappa shape index (κ3) is 4.31. The Morgan fingerprint density at radius 1 is 1.25 bits per heavy atom. The lowest BCUT2D eigenvalue weighted by atomic mass is 10.1. The number of fused-ring (bicyclic) bond motifs is 1. The second kappa shape index (κ2) is 8.24. The summed E-state index contributed by atoms with van der Waals surface area (Å²) in [7, 11) is 1.64. The second-order valence-electron chi connectivity index (χ2n) is 6.56. The summed E-state index contributed by atoms with van der Waals surface area (Å²) in [5.41, 5.74) is 1.57. The van der Waals surface area contributed by atoms with E-state index in [0.29, 0.717) is 29.0 Å². The Kier molecular flexibility index (Phi) is 5.54. The lowest BCUT2D eigenvalue weighted by Crippen LogP contribution is -2.43. The monoisotopic (exact) mass is 417 g/mol. The average molecular weight is 418 g/mol. The van der Waals surface area contributed by atoms with Crippen molar-refractivity contribution in [2.24, 2.45) is 0 Å². The highest BCUT2D eigenvalue weighted by Gasteiger charge is 2.25. The van der Waals surface area contributed by atoms with Crippen molar-refractivity contribution in [1.29, 1.82) is 0 Å². The molecule has 1 aromatic heterocycles. The van der Waals surface area contributed by atoms with E-state index in [2.05, 4.69) is 10.3 Å². The van der Waals surface area contributed by atoms with Crippen LogP contribution in [0.2, 0.25) is 5.02 Å². The predicted molar refractivity (Wildman–Crippen MR) is 112 cm³/mol. The lowest BCUT2D eigenvalue weighted by molar-refractivity contribution is 0.115. The molecule has 0 bridgehead atoms. The van der Waals surface area contributed by atoms with Gasteiger partial charge in [-0.25, -0.2) is 9.78 Å². The molecule has 0 aliphatic carbocycles. The number of amides is 2. The predicted octanol–water partition coefficient (Wildman–Crippen LogP) is 5.03. The Bertz CT molecular complexity index is 986. The Hall–Kier alpha value is -2.51. The first kappa shape index (κ1) is 18.8. The first-order valence-electron chi connectivity index (χ1n) is 9.03. The van der Waals surface area contributed by atoms with E-state index in [0.717, 1.165) is 28.8 Å². The number of likely N-dealkylation sites (tertiary alicyclic amines) is 1. The number of anilines is 1. The van der Waals surface area contributed by atoms with E-state index in [1.54, 1.807) is 24.1 Å². The van der Waals surface area contributed by atoms with Crippen molar-refractivity contribution in [2.45, 2.75) is 18.9 Å². The minimum absolute atomic E-state index is 0.0534. The summed E-state index contributed by atoms with van der Waals surface area (Å²) in [6.07, 6.45) is 1.59. The molecule has 0 unspecified atom stereocenters. The van der Waals surface area contributed by atoms with Crippen LogP contribution in [0.5, 0.6) is 10.9 Å². The standard InChI is InChI=1S/C20H20ClN3O3S/c1-26-16-5-6-18-17(12-16)23-20(28-18)27-15-7-9-24(10-8-15)19(25)22-14-4-2-3-13(21)11-14/h2-6,11-12,15H,7-10H2,1H3,(H,22,25). The van der Waals surface area contributed by atoms with E-state index >= 15 is 0 Å². The number of nitrogens with zero attached hydrogens (tertiary/aromatic N) is 2. The third-order valence-corrected chi connectivity index (χ3v) is 5.81. The quantitative estimate of drug-likeness (QED) is 0.646. The van der Waals surface area contributed by atoms with Crippen LogP contribution >= 0.6 is 22.9 Å². The number of thiazole rings is 1. The minimum atomic E-state index is -0.118. The van der Waals surface area contributed by atoms with Gasteiger partial charge in [0.15, 0.2) is 0 Å². The summed E-state index contributed by atoms with van der Waals surface area (Å²) in [6.45, 7) is 1.27. The van der Waals surface area contributed by atoms with Gasteiger partial charge in [-0.1, -0.05) is 29.0 Å². The van der Waals surface area contributed by atoms with E-state index in [4.69, 9.17) is 21.1 Å². The molecule has 3 aromatic rings. The fraction of sp³-hybridized carbons (Fsp3) is 0.300. The number of rotatable bonds is 4. The van der Waals surface area contributed by atoms with Gasteiger partial charge in [-0.3, -0.25) is 0 Å². The van der Waals surface area contributed by atoms with Gasteiger partial charge in [-0.05, 0) is 30.3 Å². The maximum Gasteiger partial charge on any atom is 0.321 e. The van der Waals surface area contributed by atoms with Gasteiger partial charge >= 0.3 is 6.03 Å². The molecule has 2 aromatic carbocycles. The van der Waals surface area contributed by atoms with E-state index in [1.165, 1.54) is 11.3 Å². The largest absolute Gasteiger partial charge is 0.497 e. The van der Waals surface area contributed by atoms with Crippen molar-refractivity contribution in [1.82, 2.24) is 9.88 Å². The van der Waals surface area contributed by atoms with Gasteiger partial charge in [0, 0.05) is 42.7 Å². The summed E-state index contributed by atoms with van der Waals surface area (Å²) < 4.78 is 12.4. The first-order valence-corrected chi connectivity index (χ1v) is 10.2. The zero-order valence-electron chi connectivity index (χ0n) is 15.4. The topological polar surface area (TPSA) is 63.7 Å². The fourth-order valence-corrected chi connectivity index (χ4v) is 4.20. The highest BCUT2D eigenvalue weighted by atomic mass is 35.5. The van der Waals surface area contributed by atoms with Crippen molar-refractivity contribution < 1.29 is 14.3 Å². The summed E-state index contributed by atoms with van der Waals surface area (Å²) in [4.78, 5) is 18.8. The lowest BCUT2D eigenvalue weighted by Gasteiger charge is -2.31. The van der Waals surface area contributed by atoms with Crippen LogP contribution < -0.4 is 14.8 Å². The molecule has 4 rings (SSSR count). The Morgan fingerprint density at radius 2 is 2.07 bits per heavy atom. The number of halogens is 1. The first-order chi connectivity index (χ1) is 13.6. The van der Waals surface area contributed by atoms with Crippen molar-refractivity contribution in [3.8, 4) is 10.9 Å². The highest BCUT2D eigenvalue weighted by Crippen LogP contribution is 2.32. The van der Waals surface area contributed by atoms with Crippen LogP contribution in [0.3, 0.4) is 0 Å². The fourth-order valence-electron chi connectivity index (χ4n) is 3.15. The number of carbonyl (C=O) groups excluding carboxylic acids is 1. The molecule has 28 heavy (non-hydrogen) atoms. The van der Waals surface area contributed by atoms with Gasteiger partial charge in [-0.15, -0.1) is 0 Å². The molecule has 8 heteroatoms. The molecular formula is C20H20ClN3O3S. The van der Waals surface area contributed by atoms with Crippen LogP contribution in [0.4, 0.5) is 10.5 Å². The molecule has 1 fully saturated rings. The van der Waals surface area contributed by atoms with Crippen LogP contribution in [0.15, 0.2) is 42.5 Å². The number of urea groups is 1. The van der Waals surface area contributed by atoms with Gasteiger partial charge in [0.05, 0.1) is 17.3 Å². The van der Waals surface area contributed by atoms with Crippen LogP contribution in [-0.2, 0) is 0 Å². The molecule has 0 radical (unpaired) electrons. The molecule has 0 atom stereocenters. The number of hydrogen-bond donors (Lipinski definition) is 1. The Balaban J connectivity index is 1.32. The summed E-state index contributed by atoms with van der Waals surface area (Å²) >= 11 is 7.49. The molecule has 1 saturated heterocycles. The molecule has 2 amide bonds. The number of methoxy groups -OCH3 is 1. The molecule has 1 aliphatic heterocycles. The average Bonchev–Trinajstić information content (AvgIpc) is 3.09. The van der Waals surface area contributed by atoms with Gasteiger partial charge in [-0.2, -0.15) is 0 Å². The molecule has 6 nitrogen and oxygen atoms in total. The highest BCUT2D eigenvalue weighted by molar-refractivity contribution is 7.20. The van der Waals surface area contributed by atoms with E-state index in [-0.39, 0.29) is 12.1 Å². The molecular weight excluding hydrogens is 398 g/mol. The maximum atomic E-state index is 12.4. The van der Waals surface area contributed by atoms with Crippen LogP contribution in [0.1, 0.15) is 12.8 Å².